The molecule has 0 aromatic heterocycles. The molecule has 0 unspecified atom stereocenters. The lowest BCUT2D eigenvalue weighted by atomic mass is 9.43. The SMILES string of the molecule is CC1=C2[C@@H](O)C(=O)[C@@]3(C)[C@H]([C@H](O)[C@](O)(C[C@@H]1[Si](C)(C)C)C2(C)C)[C@]1(O)CO[C@@H]1C[C@@H]3C. The maximum absolute atomic E-state index is 14.0. The first-order valence-corrected chi connectivity index (χ1v) is 15.2. The third kappa shape index (κ3) is 2.65. The molecule has 4 N–H and O–H groups in total. The van der Waals surface area contributed by atoms with Crippen LogP contribution in [0.15, 0.2) is 11.1 Å². The van der Waals surface area contributed by atoms with Crippen LogP contribution >= 0.6 is 0 Å². The zero-order chi connectivity index (χ0) is 23.5. The standard InChI is InChI=1S/C24H40O6Si/c1-12-9-15-23(28,11-30-15)18-20(27)24(29)10-14(31(6,7)8)13(2)16(21(24,3)4)17(25)19(26)22(12,18)5/h12,14-15,17-18,20,25,27-29H,9-11H2,1-8H3/t12-,14-,15+,17+,18-,20-,22+,23-,24+/m0/s1. The Labute approximate surface area is 186 Å². The molecule has 3 fully saturated rings. The number of hydrogen-bond donors (Lipinski definition) is 4. The molecule has 7 heteroatoms. The van der Waals surface area contributed by atoms with Gasteiger partial charge >= 0.3 is 0 Å². The van der Waals surface area contributed by atoms with Crippen molar-refractivity contribution >= 4 is 13.9 Å². The lowest BCUT2D eigenvalue weighted by Crippen LogP contribution is -2.79. The molecule has 9 atom stereocenters. The van der Waals surface area contributed by atoms with E-state index in [0.29, 0.717) is 18.4 Å². The summed E-state index contributed by atoms with van der Waals surface area (Å²) in [5, 5.41) is 47.4. The monoisotopic (exact) mass is 452 g/mol. The molecule has 2 bridgehead atoms. The zero-order valence-corrected chi connectivity index (χ0v) is 21.2. The molecule has 4 aliphatic rings. The lowest BCUT2D eigenvalue weighted by molar-refractivity contribution is -0.337. The first-order chi connectivity index (χ1) is 14.0. The van der Waals surface area contributed by atoms with Crippen LogP contribution in [0.3, 0.4) is 0 Å². The maximum atomic E-state index is 14.0. The second-order valence-corrected chi connectivity index (χ2v) is 18.1. The van der Waals surface area contributed by atoms with Gasteiger partial charge in [0.15, 0.2) is 5.78 Å². The Balaban J connectivity index is 2.03. The van der Waals surface area contributed by atoms with Gasteiger partial charge in [-0.25, -0.2) is 0 Å². The fourth-order valence-corrected chi connectivity index (χ4v) is 10.0. The van der Waals surface area contributed by atoms with Gasteiger partial charge in [0, 0.05) is 16.7 Å². The highest BCUT2D eigenvalue weighted by atomic mass is 28.3. The van der Waals surface area contributed by atoms with Gasteiger partial charge in [-0.3, -0.25) is 4.79 Å². The summed E-state index contributed by atoms with van der Waals surface area (Å²) in [7, 11) is -1.86. The number of rotatable bonds is 1. The highest BCUT2D eigenvalue weighted by molar-refractivity contribution is 6.78. The molecule has 31 heavy (non-hydrogen) atoms. The Kier molecular flexibility index (Phi) is 4.95. The van der Waals surface area contributed by atoms with Gasteiger partial charge in [-0.05, 0) is 36.8 Å². The predicted molar refractivity (Wildman–Crippen MR) is 120 cm³/mol. The van der Waals surface area contributed by atoms with Crippen LogP contribution in [-0.2, 0) is 9.53 Å². The average molecular weight is 453 g/mol. The minimum absolute atomic E-state index is 0.00563. The summed E-state index contributed by atoms with van der Waals surface area (Å²) >= 11 is 0. The minimum Gasteiger partial charge on any atom is -0.390 e. The molecule has 3 aliphatic carbocycles. The normalized spacial score (nSPS) is 51.9. The van der Waals surface area contributed by atoms with Crippen molar-refractivity contribution in [3.05, 3.63) is 11.1 Å². The Morgan fingerprint density at radius 1 is 1.10 bits per heavy atom. The number of carbonyl (C=O) groups is 1. The Morgan fingerprint density at radius 3 is 2.16 bits per heavy atom. The summed E-state index contributed by atoms with van der Waals surface area (Å²) in [5.74, 6) is -1.50. The molecule has 0 spiro atoms. The van der Waals surface area contributed by atoms with Crippen LogP contribution in [0.2, 0.25) is 25.2 Å². The smallest absolute Gasteiger partial charge is 0.172 e. The lowest BCUT2D eigenvalue weighted by Gasteiger charge is -2.67. The summed E-state index contributed by atoms with van der Waals surface area (Å²) in [5.41, 5.74) is -3.65. The number of hydrogen-bond acceptors (Lipinski definition) is 6. The van der Waals surface area contributed by atoms with Crippen LogP contribution in [0.5, 0.6) is 0 Å². The number of fused-ring (bicyclic) bond motifs is 5. The fraction of sp³-hybridized carbons (Fsp3) is 0.875. The molecule has 0 radical (unpaired) electrons. The Morgan fingerprint density at radius 2 is 1.68 bits per heavy atom. The zero-order valence-electron chi connectivity index (χ0n) is 20.2. The van der Waals surface area contributed by atoms with Crippen LogP contribution in [0.4, 0.5) is 0 Å². The molecule has 0 aromatic carbocycles. The van der Waals surface area contributed by atoms with Crippen molar-refractivity contribution in [2.45, 2.75) is 102 Å². The molecule has 1 aliphatic heterocycles. The summed E-state index contributed by atoms with van der Waals surface area (Å²) in [4.78, 5) is 14.0. The van der Waals surface area contributed by atoms with Crippen molar-refractivity contribution in [3.63, 3.8) is 0 Å². The molecule has 1 saturated heterocycles. The van der Waals surface area contributed by atoms with Crippen LogP contribution < -0.4 is 0 Å². The van der Waals surface area contributed by atoms with E-state index in [9.17, 15) is 25.2 Å². The van der Waals surface area contributed by atoms with Gasteiger partial charge in [-0.2, -0.15) is 0 Å². The van der Waals surface area contributed by atoms with Gasteiger partial charge < -0.3 is 25.2 Å². The highest BCUT2D eigenvalue weighted by Crippen LogP contribution is 2.65. The largest absolute Gasteiger partial charge is 0.390 e. The van der Waals surface area contributed by atoms with E-state index in [0.717, 1.165) is 5.57 Å². The van der Waals surface area contributed by atoms with E-state index in [-0.39, 0.29) is 23.8 Å². The van der Waals surface area contributed by atoms with Crippen molar-refractivity contribution in [2.75, 3.05) is 6.61 Å². The van der Waals surface area contributed by atoms with Crippen molar-refractivity contribution in [2.24, 2.45) is 22.7 Å². The molecule has 176 valence electrons. The highest BCUT2D eigenvalue weighted by Gasteiger charge is 2.74. The van der Waals surface area contributed by atoms with Gasteiger partial charge in [0.1, 0.15) is 17.3 Å². The van der Waals surface area contributed by atoms with Gasteiger partial charge in [0.05, 0.1) is 26.9 Å². The second-order valence-electron chi connectivity index (χ2n) is 12.7. The quantitative estimate of drug-likeness (QED) is 0.359. The van der Waals surface area contributed by atoms with Crippen LogP contribution in [0.1, 0.15) is 47.5 Å². The molecule has 6 nitrogen and oxygen atoms in total. The second kappa shape index (κ2) is 6.51. The Hall–Kier alpha value is -0.573. The number of aliphatic hydroxyl groups is 4. The summed E-state index contributed by atoms with van der Waals surface area (Å²) in [6, 6.07) is 0. The molecule has 1 heterocycles. The van der Waals surface area contributed by atoms with Crippen LogP contribution in [0, 0.1) is 22.7 Å². The topological polar surface area (TPSA) is 107 Å². The third-order valence-corrected chi connectivity index (χ3v) is 12.7. The first-order valence-electron chi connectivity index (χ1n) is 11.6. The first kappa shape index (κ1) is 23.6. The maximum Gasteiger partial charge on any atom is 0.172 e. The predicted octanol–water partition coefficient (Wildman–Crippen LogP) is 2.27. The van der Waals surface area contributed by atoms with Crippen molar-refractivity contribution in [3.8, 4) is 0 Å². The summed E-state index contributed by atoms with van der Waals surface area (Å²) < 4.78 is 5.65. The molecule has 2 saturated carbocycles. The number of ether oxygens (including phenoxy) is 1. The molecule has 0 amide bonds. The molecule has 4 rings (SSSR count). The summed E-state index contributed by atoms with van der Waals surface area (Å²) in [6.07, 6.45) is -2.34. The molecular formula is C24H40O6Si. The van der Waals surface area contributed by atoms with Crippen molar-refractivity contribution in [1.82, 2.24) is 0 Å². The van der Waals surface area contributed by atoms with E-state index >= 15 is 0 Å². The number of allylic oxidation sites excluding steroid dienone is 1. The van der Waals surface area contributed by atoms with Crippen LogP contribution in [0.25, 0.3) is 0 Å². The van der Waals surface area contributed by atoms with E-state index in [1.807, 2.05) is 27.7 Å². The minimum atomic E-state index is -1.86. The van der Waals surface area contributed by atoms with Gasteiger partial charge in [-0.1, -0.05) is 52.9 Å². The van der Waals surface area contributed by atoms with Crippen molar-refractivity contribution < 1.29 is 30.0 Å². The fourth-order valence-electron chi connectivity index (χ4n) is 7.66. The van der Waals surface area contributed by atoms with E-state index in [2.05, 4.69) is 19.6 Å². The van der Waals surface area contributed by atoms with E-state index in [4.69, 9.17) is 4.74 Å². The van der Waals surface area contributed by atoms with Gasteiger partial charge in [0.25, 0.3) is 0 Å². The third-order valence-electron chi connectivity index (χ3n) is 9.97. The average Bonchev–Trinajstić information content (AvgIpc) is 2.64. The number of carbonyl (C=O) groups excluding carboxylic acids is 1. The van der Waals surface area contributed by atoms with Crippen molar-refractivity contribution in [1.29, 1.82) is 0 Å². The summed E-state index contributed by atoms with van der Waals surface area (Å²) in [6.45, 7) is 16.0. The number of ketones is 1. The van der Waals surface area contributed by atoms with Gasteiger partial charge in [-0.15, -0.1) is 0 Å². The molecule has 0 aromatic rings. The number of Topliss-reactive ketones (excluding diaryl/α,β-unsaturated/α-hetero) is 1. The van der Waals surface area contributed by atoms with E-state index < -0.39 is 54.3 Å². The number of aliphatic hydroxyl groups excluding tert-OH is 2. The van der Waals surface area contributed by atoms with Crippen LogP contribution in [-0.4, -0.2) is 70.4 Å². The Bertz CT molecular complexity index is 845. The van der Waals surface area contributed by atoms with E-state index in [1.165, 1.54) is 0 Å². The van der Waals surface area contributed by atoms with Gasteiger partial charge in [0.2, 0.25) is 0 Å². The molecular weight excluding hydrogens is 412 g/mol. The van der Waals surface area contributed by atoms with E-state index in [1.54, 1.807) is 6.92 Å².